The minimum atomic E-state index is -1.31. The third-order valence-corrected chi connectivity index (χ3v) is 2.75. The quantitative estimate of drug-likeness (QED) is 0.664. The molecule has 0 amide bonds. The van der Waals surface area contributed by atoms with Gasteiger partial charge in [0.15, 0.2) is 0 Å². The van der Waals surface area contributed by atoms with Gasteiger partial charge in [-0.15, -0.1) is 0 Å². The first kappa shape index (κ1) is 14.7. The number of aryl methyl sites for hydroxylation is 1. The van der Waals surface area contributed by atoms with Gasteiger partial charge in [0.2, 0.25) is 11.7 Å². The van der Waals surface area contributed by atoms with E-state index < -0.39 is 10.9 Å². The maximum Gasteiger partial charge on any atom is 0.373 e. The largest absolute Gasteiger partial charge is 0.475 e. The maximum absolute atomic E-state index is 11.1. The number of nitro benzene ring substituents is 1. The lowest BCUT2D eigenvalue weighted by atomic mass is 10.1. The predicted octanol–water partition coefficient (Wildman–Crippen LogP) is 2.40. The van der Waals surface area contributed by atoms with E-state index in [1.807, 2.05) is 0 Å². The lowest BCUT2D eigenvalue weighted by molar-refractivity contribution is -0.384. The molecule has 0 aliphatic rings. The van der Waals surface area contributed by atoms with E-state index in [1.54, 1.807) is 13.0 Å². The van der Waals surface area contributed by atoms with E-state index in [9.17, 15) is 14.9 Å². The highest BCUT2D eigenvalue weighted by atomic mass is 16.6. The van der Waals surface area contributed by atoms with Crippen LogP contribution in [0, 0.1) is 17.0 Å². The third kappa shape index (κ3) is 2.90. The van der Waals surface area contributed by atoms with Crippen molar-refractivity contribution in [2.45, 2.75) is 13.5 Å². The molecule has 0 atom stereocenters. The summed E-state index contributed by atoms with van der Waals surface area (Å²) in [4.78, 5) is 25.6. The van der Waals surface area contributed by atoms with Crippen molar-refractivity contribution in [3.05, 3.63) is 45.3 Å². The molecule has 2 rings (SSSR count). The number of methoxy groups -OCH3 is 1. The zero-order valence-corrected chi connectivity index (χ0v) is 11.3. The summed E-state index contributed by atoms with van der Waals surface area (Å²) in [5.74, 6) is -1.81. The molecule has 1 aromatic carbocycles. The van der Waals surface area contributed by atoms with E-state index in [-0.39, 0.29) is 35.2 Å². The number of carbonyl (C=O) groups is 1. The molecular weight excluding hydrogens is 280 g/mol. The number of carboxylic acids is 1. The van der Waals surface area contributed by atoms with Crippen LogP contribution in [0.25, 0.3) is 11.5 Å². The number of nitro groups is 1. The monoisotopic (exact) mass is 292 g/mol. The molecule has 0 fully saturated rings. The number of rotatable bonds is 5. The van der Waals surface area contributed by atoms with Crippen LogP contribution in [0.1, 0.15) is 21.8 Å². The summed E-state index contributed by atoms with van der Waals surface area (Å²) in [5, 5.41) is 20.1. The first-order valence-corrected chi connectivity index (χ1v) is 5.91. The molecule has 0 spiro atoms. The van der Waals surface area contributed by atoms with Gasteiger partial charge in [-0.2, -0.15) is 0 Å². The van der Waals surface area contributed by atoms with Crippen molar-refractivity contribution in [1.29, 1.82) is 0 Å². The van der Waals surface area contributed by atoms with Gasteiger partial charge in [-0.3, -0.25) is 10.1 Å². The molecule has 0 saturated heterocycles. The first-order valence-electron chi connectivity index (χ1n) is 5.91. The van der Waals surface area contributed by atoms with Crippen molar-refractivity contribution in [2.75, 3.05) is 7.11 Å². The molecule has 0 radical (unpaired) electrons. The van der Waals surface area contributed by atoms with E-state index in [2.05, 4.69) is 4.98 Å². The minimum Gasteiger partial charge on any atom is -0.475 e. The average molecular weight is 292 g/mol. The van der Waals surface area contributed by atoms with Crippen molar-refractivity contribution >= 4 is 11.7 Å². The number of oxazole rings is 1. The lowest BCUT2D eigenvalue weighted by Crippen LogP contribution is -2.00. The smallest absolute Gasteiger partial charge is 0.373 e. The van der Waals surface area contributed by atoms with Crippen molar-refractivity contribution in [3.63, 3.8) is 0 Å². The topological polar surface area (TPSA) is 116 Å². The van der Waals surface area contributed by atoms with Crippen LogP contribution in [0.3, 0.4) is 0 Å². The summed E-state index contributed by atoms with van der Waals surface area (Å²) in [6.07, 6.45) is 0. The van der Waals surface area contributed by atoms with Crippen LogP contribution < -0.4 is 0 Å². The molecule has 0 unspecified atom stereocenters. The molecule has 1 aromatic heterocycles. The zero-order valence-electron chi connectivity index (χ0n) is 11.3. The fourth-order valence-electron chi connectivity index (χ4n) is 1.85. The lowest BCUT2D eigenvalue weighted by Gasteiger charge is -2.00. The van der Waals surface area contributed by atoms with Gasteiger partial charge in [-0.05, 0) is 18.6 Å². The molecule has 21 heavy (non-hydrogen) atoms. The van der Waals surface area contributed by atoms with E-state index in [4.69, 9.17) is 14.3 Å². The number of aromatic nitrogens is 1. The molecule has 0 saturated carbocycles. The molecule has 110 valence electrons. The molecular formula is C13H12N2O6. The number of ether oxygens (including phenoxy) is 1. The standard InChI is InChI=1S/C13H12N2O6/c1-7-3-4-10(15(18)19)8(5-7)12-14-9(6-20-2)11(21-12)13(16)17/h3-5H,6H2,1-2H3,(H,16,17). The molecule has 0 bridgehead atoms. The SMILES string of the molecule is COCc1nc(-c2cc(C)ccc2[N+](=O)[O-])oc1C(=O)O. The van der Waals surface area contributed by atoms with E-state index in [0.717, 1.165) is 5.56 Å². The Labute approximate surface area is 119 Å². The Morgan fingerprint density at radius 2 is 2.24 bits per heavy atom. The Morgan fingerprint density at radius 1 is 1.52 bits per heavy atom. The number of benzene rings is 1. The van der Waals surface area contributed by atoms with Gasteiger partial charge in [0.25, 0.3) is 5.69 Å². The Kier molecular flexibility index (Phi) is 3.99. The van der Waals surface area contributed by atoms with Crippen molar-refractivity contribution in [1.82, 2.24) is 4.98 Å². The third-order valence-electron chi connectivity index (χ3n) is 2.75. The second-order valence-electron chi connectivity index (χ2n) is 4.31. The zero-order chi connectivity index (χ0) is 15.6. The maximum atomic E-state index is 11.1. The number of hydrogen-bond donors (Lipinski definition) is 1. The van der Waals surface area contributed by atoms with Crippen LogP contribution >= 0.6 is 0 Å². The van der Waals surface area contributed by atoms with Gasteiger partial charge in [-0.1, -0.05) is 6.07 Å². The van der Waals surface area contributed by atoms with Crippen LogP contribution in [-0.2, 0) is 11.3 Å². The van der Waals surface area contributed by atoms with Crippen molar-refractivity contribution < 1.29 is 24.0 Å². The average Bonchev–Trinajstić information content (AvgIpc) is 2.83. The molecule has 0 aliphatic carbocycles. The van der Waals surface area contributed by atoms with Gasteiger partial charge >= 0.3 is 5.97 Å². The van der Waals surface area contributed by atoms with Gasteiger partial charge in [0.1, 0.15) is 11.3 Å². The number of carboxylic acid groups (broad SMARTS) is 1. The highest BCUT2D eigenvalue weighted by Gasteiger charge is 2.25. The molecule has 1 heterocycles. The van der Waals surface area contributed by atoms with E-state index in [0.29, 0.717) is 0 Å². The molecule has 0 aliphatic heterocycles. The Bertz CT molecular complexity index is 707. The molecule has 8 heteroatoms. The fourth-order valence-corrected chi connectivity index (χ4v) is 1.85. The molecule has 8 nitrogen and oxygen atoms in total. The number of aromatic carboxylic acids is 1. The second kappa shape index (κ2) is 5.71. The fraction of sp³-hybridized carbons (Fsp3) is 0.231. The summed E-state index contributed by atoms with van der Waals surface area (Å²) in [6, 6.07) is 4.43. The van der Waals surface area contributed by atoms with Crippen LogP contribution in [0.5, 0.6) is 0 Å². The highest BCUT2D eigenvalue weighted by molar-refractivity contribution is 5.86. The summed E-state index contributed by atoms with van der Waals surface area (Å²) in [7, 11) is 1.38. The van der Waals surface area contributed by atoms with Gasteiger partial charge in [0.05, 0.1) is 11.5 Å². The first-order chi connectivity index (χ1) is 9.93. The normalized spacial score (nSPS) is 10.6. The Balaban J connectivity index is 2.61. The van der Waals surface area contributed by atoms with Crippen LogP contribution in [-0.4, -0.2) is 28.1 Å². The minimum absolute atomic E-state index is 0.0647. The molecule has 1 N–H and O–H groups in total. The van der Waals surface area contributed by atoms with E-state index >= 15 is 0 Å². The Hall–Kier alpha value is -2.74. The van der Waals surface area contributed by atoms with Gasteiger partial charge in [0, 0.05) is 13.2 Å². The highest BCUT2D eigenvalue weighted by Crippen LogP contribution is 2.31. The van der Waals surface area contributed by atoms with Crippen molar-refractivity contribution in [3.8, 4) is 11.5 Å². The summed E-state index contributed by atoms with van der Waals surface area (Å²) >= 11 is 0. The van der Waals surface area contributed by atoms with E-state index in [1.165, 1.54) is 19.2 Å². The van der Waals surface area contributed by atoms with Crippen LogP contribution in [0.4, 0.5) is 5.69 Å². The Morgan fingerprint density at radius 3 is 2.81 bits per heavy atom. The summed E-state index contributed by atoms with van der Waals surface area (Å²) < 4.78 is 10.0. The number of hydrogen-bond acceptors (Lipinski definition) is 6. The van der Waals surface area contributed by atoms with Gasteiger partial charge < -0.3 is 14.3 Å². The van der Waals surface area contributed by atoms with Gasteiger partial charge in [-0.25, -0.2) is 9.78 Å². The summed E-state index contributed by atoms with van der Waals surface area (Å²) in [6.45, 7) is 1.69. The van der Waals surface area contributed by atoms with Crippen LogP contribution in [0.15, 0.2) is 22.6 Å². The summed E-state index contributed by atoms with van der Waals surface area (Å²) in [5.41, 5.74) is 0.766. The second-order valence-corrected chi connectivity index (χ2v) is 4.31. The number of nitrogens with zero attached hydrogens (tertiary/aromatic N) is 2. The molecule has 2 aromatic rings. The van der Waals surface area contributed by atoms with Crippen LogP contribution in [0.2, 0.25) is 0 Å². The van der Waals surface area contributed by atoms with Crippen molar-refractivity contribution in [2.24, 2.45) is 0 Å². The predicted molar refractivity (Wildman–Crippen MR) is 71.0 cm³/mol.